The van der Waals surface area contributed by atoms with Crippen LogP contribution in [0.15, 0.2) is 24.3 Å². The number of hydrogen-bond donors (Lipinski definition) is 0. The Morgan fingerprint density at radius 3 is 1.58 bits per heavy atom. The number of carbonyl (C=O) groups excluding carboxylic acids is 1. The van der Waals surface area contributed by atoms with Gasteiger partial charge in [-0.15, -0.1) is 0 Å². The minimum absolute atomic E-state index is 0. The molecule has 0 N–H and O–H groups in total. The van der Waals surface area contributed by atoms with Gasteiger partial charge in [-0.1, -0.05) is 0 Å². The first kappa shape index (κ1) is 27.0. The van der Waals surface area contributed by atoms with Gasteiger partial charge in [0, 0.05) is 24.3 Å². The maximum atomic E-state index is 13.4. The van der Waals surface area contributed by atoms with Crippen LogP contribution in [0.1, 0.15) is 32.6 Å². The molecule has 2 aromatic rings. The summed E-state index contributed by atoms with van der Waals surface area (Å²) >= 11 is 0. The summed E-state index contributed by atoms with van der Waals surface area (Å²) < 4.78 is 33.4. The molecule has 0 fully saturated rings. The molecule has 31 heavy (non-hydrogen) atoms. The smallest absolute Gasteiger partial charge is 1.00 e. The molecule has 0 heterocycles. The van der Waals surface area contributed by atoms with Crippen molar-refractivity contribution < 1.29 is 53.5 Å². The third kappa shape index (κ3) is 6.71. The molecule has 0 saturated carbocycles. The van der Waals surface area contributed by atoms with Crippen LogP contribution in [0.4, 0.5) is 0 Å². The largest absolute Gasteiger partial charge is 1.00 e. The van der Waals surface area contributed by atoms with E-state index in [9.17, 15) is 4.79 Å². The van der Waals surface area contributed by atoms with Crippen LogP contribution >= 0.6 is 8.58 Å². The normalized spacial score (nSPS) is 10.4. The molecule has 1 unspecified atom stereocenters. The Hall–Kier alpha value is -2.06. The summed E-state index contributed by atoms with van der Waals surface area (Å²) in [6, 6.07) is 6.89. The fourth-order valence-corrected chi connectivity index (χ4v) is 4.02. The second kappa shape index (κ2) is 13.4. The van der Waals surface area contributed by atoms with Gasteiger partial charge in [-0.3, -0.25) is 4.79 Å². The Kier molecular flexibility index (Phi) is 11.6. The molecule has 0 aliphatic rings. The van der Waals surface area contributed by atoms with Crippen LogP contribution in [-0.2, 0) is 0 Å². The van der Waals surface area contributed by atoms with Crippen LogP contribution in [-0.4, -0.2) is 46.7 Å². The molecule has 0 spiro atoms. The van der Waals surface area contributed by atoms with Crippen molar-refractivity contribution in [3.8, 4) is 34.5 Å². The molecule has 0 aromatic heterocycles. The van der Waals surface area contributed by atoms with Crippen molar-refractivity contribution >= 4 is 19.4 Å². The van der Waals surface area contributed by atoms with E-state index in [1.165, 1.54) is 14.2 Å². The Balaban J connectivity index is 0.00000480. The van der Waals surface area contributed by atoms with E-state index in [0.717, 1.165) is 0 Å². The van der Waals surface area contributed by atoms with Gasteiger partial charge in [-0.05, 0) is 29.4 Å². The second-order valence-electron chi connectivity index (χ2n) is 5.95. The van der Waals surface area contributed by atoms with Gasteiger partial charge >= 0.3 is 18.9 Å². The molecule has 2 rings (SSSR count). The van der Waals surface area contributed by atoms with E-state index < -0.39 is 0 Å². The van der Waals surface area contributed by atoms with Crippen LogP contribution in [0.25, 0.3) is 0 Å². The third-order valence-electron chi connectivity index (χ3n) is 4.13. The summed E-state index contributed by atoms with van der Waals surface area (Å²) in [5.41, 5.74) is 0.176. The summed E-state index contributed by atoms with van der Waals surface area (Å²) in [5.74, 6) is 3.05. The van der Waals surface area contributed by atoms with Gasteiger partial charge in [0.2, 0.25) is 0 Å². The summed E-state index contributed by atoms with van der Waals surface area (Å²) in [6.07, 6.45) is 0. The van der Waals surface area contributed by atoms with Crippen molar-refractivity contribution in [2.45, 2.75) is 20.8 Å². The monoisotopic (exact) mass is 444 g/mol. The van der Waals surface area contributed by atoms with Crippen molar-refractivity contribution in [2.24, 2.45) is 0 Å². The summed E-state index contributed by atoms with van der Waals surface area (Å²) in [4.78, 5) is 13.4. The molecular formula is C22H30LiO7P. The molecule has 7 nitrogen and oxygen atoms in total. The molecule has 2 aromatic carbocycles. The van der Waals surface area contributed by atoms with Crippen LogP contribution in [0.2, 0.25) is 0 Å². The van der Waals surface area contributed by atoms with Gasteiger partial charge in [0.15, 0.2) is 5.52 Å². The van der Waals surface area contributed by atoms with E-state index in [0.29, 0.717) is 65.2 Å². The Bertz CT molecular complexity index is 827. The van der Waals surface area contributed by atoms with Crippen LogP contribution in [0, 0.1) is 0 Å². The van der Waals surface area contributed by atoms with E-state index >= 15 is 0 Å². The maximum Gasteiger partial charge on any atom is 1.00 e. The van der Waals surface area contributed by atoms with Gasteiger partial charge in [0.25, 0.3) is 0 Å². The van der Waals surface area contributed by atoms with Gasteiger partial charge in [0.1, 0.15) is 40.1 Å². The average molecular weight is 444 g/mol. The average Bonchev–Trinajstić information content (AvgIpc) is 2.75. The van der Waals surface area contributed by atoms with Gasteiger partial charge in [0.05, 0.1) is 46.5 Å². The van der Waals surface area contributed by atoms with E-state index in [4.69, 9.17) is 28.4 Å². The topological polar surface area (TPSA) is 72.5 Å². The maximum absolute atomic E-state index is 13.4. The first-order valence-electron chi connectivity index (χ1n) is 9.70. The van der Waals surface area contributed by atoms with Gasteiger partial charge < -0.3 is 29.8 Å². The first-order valence-corrected chi connectivity index (χ1v) is 10.7. The van der Waals surface area contributed by atoms with Crippen molar-refractivity contribution in [1.82, 2.24) is 0 Å². The minimum atomic E-state index is -0.278. The zero-order valence-corrected chi connectivity index (χ0v) is 20.3. The Morgan fingerprint density at radius 2 is 1.19 bits per heavy atom. The Labute approximate surface area is 199 Å². The van der Waals surface area contributed by atoms with Crippen molar-refractivity contribution in [3.63, 3.8) is 0 Å². The van der Waals surface area contributed by atoms with Crippen LogP contribution in [0.5, 0.6) is 34.5 Å². The zero-order valence-electron chi connectivity index (χ0n) is 20.3. The van der Waals surface area contributed by atoms with E-state index in [2.05, 4.69) is 0 Å². The van der Waals surface area contributed by atoms with Crippen molar-refractivity contribution in [2.75, 3.05) is 41.2 Å². The van der Waals surface area contributed by atoms with Gasteiger partial charge in [-0.25, -0.2) is 0 Å². The van der Waals surface area contributed by atoms with Gasteiger partial charge in [-0.2, -0.15) is 0 Å². The molecule has 0 aliphatic carbocycles. The van der Waals surface area contributed by atoms with E-state index in [1.807, 2.05) is 20.8 Å². The first-order chi connectivity index (χ1) is 14.5. The molecule has 0 bridgehead atoms. The predicted octanol–water partition coefficient (Wildman–Crippen LogP) is 1.17. The molecule has 0 aliphatic heterocycles. The van der Waals surface area contributed by atoms with Crippen molar-refractivity contribution in [1.29, 1.82) is 0 Å². The Morgan fingerprint density at radius 1 is 0.742 bits per heavy atom. The van der Waals surface area contributed by atoms with Crippen LogP contribution in [0.3, 0.4) is 0 Å². The molecule has 0 saturated heterocycles. The quantitative estimate of drug-likeness (QED) is 0.360. The molecule has 166 valence electrons. The predicted molar refractivity (Wildman–Crippen MR) is 119 cm³/mol. The number of methoxy groups -OCH3 is 3. The number of hydrogen-bond acceptors (Lipinski definition) is 7. The molecule has 0 amide bonds. The van der Waals surface area contributed by atoms with E-state index in [1.54, 1.807) is 31.4 Å². The van der Waals surface area contributed by atoms with Crippen LogP contribution < -0.4 is 52.6 Å². The third-order valence-corrected chi connectivity index (χ3v) is 5.35. The summed E-state index contributed by atoms with van der Waals surface area (Å²) in [5, 5.41) is 0.673. The molecule has 9 heteroatoms. The summed E-state index contributed by atoms with van der Waals surface area (Å²) in [7, 11) is 4.27. The number of benzene rings is 2. The zero-order chi connectivity index (χ0) is 22.1. The number of ether oxygens (including phenoxy) is 6. The van der Waals surface area contributed by atoms with E-state index in [-0.39, 0.29) is 34.4 Å². The number of carbonyl (C=O) groups is 1. The fourth-order valence-electron chi connectivity index (χ4n) is 2.88. The standard InChI is InChI=1S/C22H29O7P.Li.H/c1-7-27-15-12-18(28-8-2)21(19(13-15)29-9-3)30-22(23)20-16(25-5)10-14(24-4)11-17(20)26-6;;/h10-13,30H,7-9H2,1-6H3;;/q;+1;-1. The molecule has 1 atom stereocenters. The number of rotatable bonds is 12. The molecular weight excluding hydrogens is 414 g/mol. The minimum Gasteiger partial charge on any atom is -1.00 e. The SMILES string of the molecule is CCOc1cc(OCC)c(PC(=O)c2c(OC)cc(OC)cc2OC)c(OCC)c1.[H-].[Li+]. The van der Waals surface area contributed by atoms with Crippen molar-refractivity contribution in [3.05, 3.63) is 29.8 Å². The second-order valence-corrected chi connectivity index (χ2v) is 7.16. The summed E-state index contributed by atoms with van der Waals surface area (Å²) in [6.45, 7) is 7.08. The fraction of sp³-hybridized carbons (Fsp3) is 0.409. The molecule has 0 radical (unpaired) electrons.